The van der Waals surface area contributed by atoms with Crippen molar-refractivity contribution in [2.24, 2.45) is 0 Å². The van der Waals surface area contributed by atoms with Crippen molar-refractivity contribution in [3.05, 3.63) is 52.2 Å². The number of rotatable bonds is 15. The van der Waals surface area contributed by atoms with Gasteiger partial charge in [-0.3, -0.25) is 4.79 Å². The third-order valence-electron chi connectivity index (χ3n) is 5.03. The van der Waals surface area contributed by atoms with E-state index in [-0.39, 0.29) is 5.91 Å². The second-order valence-electron chi connectivity index (χ2n) is 8.14. The summed E-state index contributed by atoms with van der Waals surface area (Å²) in [6, 6.07) is 13.4. The highest BCUT2D eigenvalue weighted by molar-refractivity contribution is 7.14. The molecule has 0 spiro atoms. The Bertz CT molecular complexity index is 753. The summed E-state index contributed by atoms with van der Waals surface area (Å²) in [5.41, 5.74) is 0. The largest absolute Gasteiger partial charge is 0.461 e. The minimum absolute atomic E-state index is 0.172. The van der Waals surface area contributed by atoms with Crippen molar-refractivity contribution in [1.29, 1.82) is 0 Å². The molecule has 6 heteroatoms. The second kappa shape index (κ2) is 13.5. The van der Waals surface area contributed by atoms with E-state index in [0.717, 1.165) is 63.0 Å². The summed E-state index contributed by atoms with van der Waals surface area (Å²) < 4.78 is 5.63. The second-order valence-corrected chi connectivity index (χ2v) is 9.30. The first-order valence-corrected chi connectivity index (χ1v) is 12.3. The average Bonchev–Trinajstić information content (AvgIpc) is 3.22. The van der Waals surface area contributed by atoms with Crippen LogP contribution in [0.4, 0.5) is 0 Å². The van der Waals surface area contributed by atoms with Crippen LogP contribution in [0.2, 0.25) is 0 Å². The van der Waals surface area contributed by atoms with Gasteiger partial charge in [-0.25, -0.2) is 0 Å². The number of carbonyl (C=O) groups excluding carboxylic acids is 1. The Morgan fingerprint density at radius 3 is 2.39 bits per heavy atom. The zero-order valence-corrected chi connectivity index (χ0v) is 20.0. The molecule has 1 unspecified atom stereocenters. The first-order chi connectivity index (χ1) is 14.9. The molecule has 0 bridgehead atoms. The molecule has 2 rings (SSSR count). The highest BCUT2D eigenvalue weighted by Crippen LogP contribution is 2.21. The number of hydrogen-bond acceptors (Lipinski definition) is 5. The Hall–Kier alpha value is -1.89. The topological polar surface area (TPSA) is 61.8 Å². The number of unbranched alkanes of at least 4 members (excludes halogenated alkanes) is 2. The summed E-state index contributed by atoms with van der Waals surface area (Å²) >= 11 is 1.61. The number of aryl methyl sites for hydroxylation is 1. The third-order valence-corrected chi connectivity index (χ3v) is 6.17. The number of nitrogens with zero attached hydrogens (tertiary/aromatic N) is 1. The molecule has 5 nitrogen and oxygen atoms in total. The minimum atomic E-state index is -1.26. The van der Waals surface area contributed by atoms with Crippen LogP contribution in [0.1, 0.15) is 67.4 Å². The van der Waals surface area contributed by atoms with E-state index < -0.39 is 5.79 Å². The maximum Gasteiger partial charge on any atom is 0.263 e. The number of amides is 1. The Morgan fingerprint density at radius 1 is 1.06 bits per heavy atom. The molecule has 0 aliphatic carbocycles. The number of para-hydroxylation sites is 1. The average molecular weight is 447 g/mol. The van der Waals surface area contributed by atoms with Gasteiger partial charge >= 0.3 is 0 Å². The highest BCUT2D eigenvalue weighted by atomic mass is 32.1. The summed E-state index contributed by atoms with van der Waals surface area (Å²) in [6.45, 7) is 8.79. The Balaban J connectivity index is 1.74. The summed E-state index contributed by atoms with van der Waals surface area (Å²) in [5, 5.41) is 13.7. The van der Waals surface area contributed by atoms with Gasteiger partial charge in [0.2, 0.25) is 5.79 Å². The van der Waals surface area contributed by atoms with Crippen molar-refractivity contribution in [2.75, 3.05) is 26.2 Å². The summed E-state index contributed by atoms with van der Waals surface area (Å²) in [5.74, 6) is -0.438. The van der Waals surface area contributed by atoms with Gasteiger partial charge in [0.25, 0.3) is 5.91 Å². The van der Waals surface area contributed by atoms with Gasteiger partial charge in [0.1, 0.15) is 5.75 Å². The molecule has 2 aromatic rings. The lowest BCUT2D eigenvalue weighted by Crippen LogP contribution is -2.43. The molecule has 0 saturated heterocycles. The monoisotopic (exact) mass is 446 g/mol. The van der Waals surface area contributed by atoms with E-state index in [1.807, 2.05) is 41.3 Å². The smallest absolute Gasteiger partial charge is 0.263 e. The van der Waals surface area contributed by atoms with Gasteiger partial charge in [-0.05, 0) is 56.5 Å². The van der Waals surface area contributed by atoms with Gasteiger partial charge in [0.05, 0.1) is 11.4 Å². The highest BCUT2D eigenvalue weighted by Gasteiger charge is 2.21. The van der Waals surface area contributed by atoms with E-state index >= 15 is 0 Å². The number of thiophene rings is 1. The number of aliphatic hydroxyl groups is 1. The predicted molar refractivity (Wildman–Crippen MR) is 129 cm³/mol. The van der Waals surface area contributed by atoms with Gasteiger partial charge in [-0.1, -0.05) is 44.9 Å². The Kier molecular flexibility index (Phi) is 11.1. The van der Waals surface area contributed by atoms with Crippen LogP contribution in [-0.4, -0.2) is 47.9 Å². The first-order valence-electron chi connectivity index (χ1n) is 11.5. The fraction of sp³-hybridized carbons (Fsp3) is 0.560. The molecule has 0 fully saturated rings. The van der Waals surface area contributed by atoms with E-state index in [9.17, 15) is 9.90 Å². The van der Waals surface area contributed by atoms with Crippen LogP contribution in [0.5, 0.6) is 5.75 Å². The maximum absolute atomic E-state index is 12.9. The van der Waals surface area contributed by atoms with Crippen LogP contribution < -0.4 is 10.1 Å². The molecule has 31 heavy (non-hydrogen) atoms. The molecule has 1 amide bonds. The zero-order valence-electron chi connectivity index (χ0n) is 19.2. The van der Waals surface area contributed by atoms with Gasteiger partial charge in [-0.2, -0.15) is 0 Å². The van der Waals surface area contributed by atoms with E-state index in [2.05, 4.69) is 25.2 Å². The zero-order chi connectivity index (χ0) is 22.5. The number of hydrogen-bond donors (Lipinski definition) is 2. The molecular weight excluding hydrogens is 408 g/mol. The molecule has 0 aliphatic heterocycles. The molecule has 172 valence electrons. The van der Waals surface area contributed by atoms with Crippen LogP contribution in [0.3, 0.4) is 0 Å². The quantitative estimate of drug-likeness (QED) is 0.295. The van der Waals surface area contributed by atoms with Crippen molar-refractivity contribution in [3.8, 4) is 5.75 Å². The Morgan fingerprint density at radius 2 is 1.74 bits per heavy atom. The van der Waals surface area contributed by atoms with Crippen LogP contribution >= 0.6 is 11.3 Å². The van der Waals surface area contributed by atoms with Crippen LogP contribution in [0.25, 0.3) is 0 Å². The van der Waals surface area contributed by atoms with E-state index in [1.165, 1.54) is 4.88 Å². The van der Waals surface area contributed by atoms with Gasteiger partial charge in [0, 0.05) is 24.9 Å². The van der Waals surface area contributed by atoms with Crippen LogP contribution in [-0.2, 0) is 6.42 Å². The predicted octanol–water partition coefficient (Wildman–Crippen LogP) is 5.10. The molecule has 0 saturated carbocycles. The van der Waals surface area contributed by atoms with E-state index in [1.54, 1.807) is 18.3 Å². The van der Waals surface area contributed by atoms with E-state index in [4.69, 9.17) is 4.74 Å². The van der Waals surface area contributed by atoms with Crippen molar-refractivity contribution < 1.29 is 14.6 Å². The molecule has 1 aromatic carbocycles. The summed E-state index contributed by atoms with van der Waals surface area (Å²) in [6.07, 6.45) is 6.15. The molecule has 1 heterocycles. The first kappa shape index (κ1) is 25.4. The van der Waals surface area contributed by atoms with Gasteiger partial charge in [-0.15, -0.1) is 11.3 Å². The third kappa shape index (κ3) is 9.42. The lowest BCUT2D eigenvalue weighted by molar-refractivity contribution is -0.117. The number of benzene rings is 1. The summed E-state index contributed by atoms with van der Waals surface area (Å²) in [7, 11) is 0. The fourth-order valence-electron chi connectivity index (χ4n) is 3.28. The molecule has 1 aromatic heterocycles. The standard InChI is InChI=1S/C25H38N2O3S/c1-4-6-18-27(19-7-5-2)24(28)23-16-15-22(31-23)14-11-17-26-20-25(3,29)30-21-12-9-8-10-13-21/h8-10,12-13,15-16,26,29H,4-7,11,14,17-20H2,1-3H3. The van der Waals surface area contributed by atoms with E-state index in [0.29, 0.717) is 12.3 Å². The lowest BCUT2D eigenvalue weighted by Gasteiger charge is -2.25. The molecule has 2 N–H and O–H groups in total. The normalized spacial score (nSPS) is 13.0. The van der Waals surface area contributed by atoms with Gasteiger partial charge in [0.15, 0.2) is 0 Å². The SMILES string of the molecule is CCCCN(CCCC)C(=O)c1ccc(CCCNCC(C)(O)Oc2ccccc2)s1. The molecule has 0 aliphatic rings. The van der Waals surface area contributed by atoms with Crippen molar-refractivity contribution in [3.63, 3.8) is 0 Å². The van der Waals surface area contributed by atoms with Crippen molar-refractivity contribution in [2.45, 2.75) is 65.1 Å². The fourth-order valence-corrected chi connectivity index (χ4v) is 4.30. The summed E-state index contributed by atoms with van der Waals surface area (Å²) in [4.78, 5) is 17.0. The molecular formula is C25H38N2O3S. The van der Waals surface area contributed by atoms with Gasteiger partial charge < -0.3 is 20.1 Å². The number of ether oxygens (including phenoxy) is 1. The number of nitrogens with one attached hydrogen (secondary N) is 1. The minimum Gasteiger partial charge on any atom is -0.461 e. The van der Waals surface area contributed by atoms with Crippen molar-refractivity contribution in [1.82, 2.24) is 10.2 Å². The van der Waals surface area contributed by atoms with Crippen LogP contribution in [0, 0.1) is 0 Å². The van der Waals surface area contributed by atoms with Crippen molar-refractivity contribution >= 4 is 17.2 Å². The number of carbonyl (C=O) groups is 1. The maximum atomic E-state index is 12.9. The van der Waals surface area contributed by atoms with Crippen LogP contribution in [0.15, 0.2) is 42.5 Å². The molecule has 0 radical (unpaired) electrons. The molecule has 1 atom stereocenters. The lowest BCUT2D eigenvalue weighted by atomic mass is 10.2. The Labute approximate surface area is 191 Å².